The molecule has 0 atom stereocenters. The fraction of sp³-hybridized carbons (Fsp3) is 1.00. The Kier molecular flexibility index (Phi) is 0.893. The lowest BCUT2D eigenvalue weighted by Crippen LogP contribution is -2.63. The lowest BCUT2D eigenvalue weighted by Gasteiger charge is -2.71. The highest BCUT2D eigenvalue weighted by molar-refractivity contribution is 9.09. The zero-order valence-corrected chi connectivity index (χ0v) is 7.78. The molecule has 0 unspecified atom stereocenters. The molecule has 0 aliphatic heterocycles. The molecule has 4 fully saturated rings. The van der Waals surface area contributed by atoms with Gasteiger partial charge in [0.2, 0.25) is 0 Å². The molecule has 4 aliphatic carbocycles. The third kappa shape index (κ3) is 0.511. The fourth-order valence-electron chi connectivity index (χ4n) is 3.36. The van der Waals surface area contributed by atoms with E-state index in [0.29, 0.717) is 0 Å². The molecule has 4 saturated carbocycles. The molecule has 0 radical (unpaired) electrons. The van der Waals surface area contributed by atoms with Crippen molar-refractivity contribution in [1.29, 1.82) is 0 Å². The normalized spacial score (nSPS) is 57.3. The van der Waals surface area contributed by atoms with Crippen molar-refractivity contribution < 1.29 is 0 Å². The van der Waals surface area contributed by atoms with Crippen LogP contribution in [0, 0.1) is 16.7 Å². The van der Waals surface area contributed by atoms with Crippen molar-refractivity contribution in [1.82, 2.24) is 0 Å². The van der Waals surface area contributed by atoms with E-state index >= 15 is 0 Å². The second kappa shape index (κ2) is 1.48. The third-order valence-electron chi connectivity index (χ3n) is 3.91. The largest absolute Gasteiger partial charge is 0.0922 e. The van der Waals surface area contributed by atoms with E-state index in [1.165, 1.54) is 11.2 Å². The molecule has 10 heavy (non-hydrogen) atoms. The van der Waals surface area contributed by atoms with Gasteiger partial charge in [-0.2, -0.15) is 0 Å². The quantitative estimate of drug-likeness (QED) is 0.602. The van der Waals surface area contributed by atoms with Crippen LogP contribution in [0.2, 0.25) is 0 Å². The maximum absolute atomic E-state index is 3.61. The van der Waals surface area contributed by atoms with Crippen molar-refractivity contribution >= 4 is 15.9 Å². The predicted octanol–water partition coefficient (Wildman–Crippen LogP) is 2.96. The lowest BCUT2D eigenvalue weighted by atomic mass is 9.34. The number of hydrogen-bond donors (Lipinski definition) is 0. The van der Waals surface area contributed by atoms with E-state index in [9.17, 15) is 0 Å². The van der Waals surface area contributed by atoms with Gasteiger partial charge in [0.05, 0.1) is 0 Å². The highest BCUT2D eigenvalue weighted by Crippen LogP contribution is 2.80. The number of alkyl halides is 1. The second-order valence-electron chi connectivity index (χ2n) is 4.80. The van der Waals surface area contributed by atoms with E-state index in [4.69, 9.17) is 0 Å². The zero-order chi connectivity index (χ0) is 6.82. The summed E-state index contributed by atoms with van der Waals surface area (Å²) in [4.78, 5) is 0. The molecule has 0 spiro atoms. The molecular formula is C9H13Br. The predicted molar refractivity (Wildman–Crippen MR) is 45.2 cm³/mol. The molecule has 56 valence electrons. The standard InChI is InChI=1S/C9H13Br/c10-6-8-3-9(4-8,5-8)7-1-2-7/h7H,1-6H2. The van der Waals surface area contributed by atoms with Crippen LogP contribution in [-0.2, 0) is 0 Å². The average Bonchev–Trinajstić information content (AvgIpc) is 2.42. The van der Waals surface area contributed by atoms with Crippen LogP contribution in [0.1, 0.15) is 32.1 Å². The Bertz CT molecular complexity index is 161. The van der Waals surface area contributed by atoms with E-state index in [-0.39, 0.29) is 0 Å². The molecule has 0 N–H and O–H groups in total. The number of halogens is 1. The highest BCUT2D eigenvalue weighted by atomic mass is 79.9. The molecule has 0 nitrogen and oxygen atoms in total. The minimum Gasteiger partial charge on any atom is -0.0922 e. The van der Waals surface area contributed by atoms with Crippen LogP contribution >= 0.6 is 15.9 Å². The summed E-state index contributed by atoms with van der Waals surface area (Å²) in [5, 5.41) is 1.27. The van der Waals surface area contributed by atoms with Gasteiger partial charge in [0, 0.05) is 5.33 Å². The van der Waals surface area contributed by atoms with E-state index < -0.39 is 0 Å². The zero-order valence-electron chi connectivity index (χ0n) is 6.20. The van der Waals surface area contributed by atoms with Crippen molar-refractivity contribution in [3.63, 3.8) is 0 Å². The summed E-state index contributed by atoms with van der Waals surface area (Å²) in [6, 6.07) is 0. The molecule has 0 aromatic rings. The van der Waals surface area contributed by atoms with Crippen molar-refractivity contribution in [3.05, 3.63) is 0 Å². The second-order valence-corrected chi connectivity index (χ2v) is 5.36. The molecule has 0 heterocycles. The fourth-order valence-corrected chi connectivity index (χ4v) is 3.95. The van der Waals surface area contributed by atoms with Crippen LogP contribution < -0.4 is 0 Å². The van der Waals surface area contributed by atoms with E-state index in [0.717, 1.165) is 10.8 Å². The average molecular weight is 201 g/mol. The van der Waals surface area contributed by atoms with Crippen LogP contribution in [0.3, 0.4) is 0 Å². The van der Waals surface area contributed by atoms with E-state index in [1.807, 2.05) is 0 Å². The first-order valence-electron chi connectivity index (χ1n) is 4.35. The summed E-state index contributed by atoms with van der Waals surface area (Å²) in [6.45, 7) is 0. The van der Waals surface area contributed by atoms with E-state index in [1.54, 1.807) is 32.1 Å². The highest BCUT2D eigenvalue weighted by Gasteiger charge is 2.70. The van der Waals surface area contributed by atoms with Crippen LogP contribution in [0.5, 0.6) is 0 Å². The van der Waals surface area contributed by atoms with Crippen molar-refractivity contribution in [2.75, 3.05) is 5.33 Å². The Morgan fingerprint density at radius 1 is 1.20 bits per heavy atom. The number of hydrogen-bond acceptors (Lipinski definition) is 0. The van der Waals surface area contributed by atoms with Gasteiger partial charge in [0.25, 0.3) is 0 Å². The summed E-state index contributed by atoms with van der Waals surface area (Å²) < 4.78 is 0. The molecule has 1 heteroatoms. The Labute approximate surface area is 70.5 Å². The smallest absolute Gasteiger partial charge is 0.00885 e. The van der Waals surface area contributed by atoms with Gasteiger partial charge >= 0.3 is 0 Å². The molecule has 0 saturated heterocycles. The molecule has 4 aliphatic rings. The van der Waals surface area contributed by atoms with Crippen molar-refractivity contribution in [2.45, 2.75) is 32.1 Å². The maximum Gasteiger partial charge on any atom is 0.00885 e. The summed E-state index contributed by atoms with van der Waals surface area (Å²) in [5.74, 6) is 1.17. The van der Waals surface area contributed by atoms with Gasteiger partial charge < -0.3 is 0 Å². The van der Waals surface area contributed by atoms with Crippen LogP contribution in [0.15, 0.2) is 0 Å². The molecular weight excluding hydrogens is 188 g/mol. The van der Waals surface area contributed by atoms with Crippen LogP contribution in [0.25, 0.3) is 0 Å². The van der Waals surface area contributed by atoms with Gasteiger partial charge in [0.15, 0.2) is 0 Å². The summed E-state index contributed by atoms with van der Waals surface area (Å²) in [5.41, 5.74) is 1.72. The number of rotatable bonds is 2. The summed E-state index contributed by atoms with van der Waals surface area (Å²) in [7, 11) is 0. The van der Waals surface area contributed by atoms with Gasteiger partial charge in [-0.05, 0) is 48.9 Å². The Morgan fingerprint density at radius 2 is 1.80 bits per heavy atom. The topological polar surface area (TPSA) is 0 Å². The Balaban J connectivity index is 1.73. The first-order chi connectivity index (χ1) is 4.79. The minimum absolute atomic E-state index is 0.808. The summed E-state index contributed by atoms with van der Waals surface area (Å²) in [6.07, 6.45) is 7.80. The van der Waals surface area contributed by atoms with Gasteiger partial charge in [0.1, 0.15) is 0 Å². The third-order valence-corrected chi connectivity index (χ3v) is 5.10. The Morgan fingerprint density at radius 3 is 2.20 bits per heavy atom. The van der Waals surface area contributed by atoms with Gasteiger partial charge in [-0.3, -0.25) is 0 Å². The molecule has 2 bridgehead atoms. The van der Waals surface area contributed by atoms with Gasteiger partial charge in [-0.1, -0.05) is 15.9 Å². The van der Waals surface area contributed by atoms with Crippen LogP contribution in [0.4, 0.5) is 0 Å². The van der Waals surface area contributed by atoms with Gasteiger partial charge in [-0.25, -0.2) is 0 Å². The van der Waals surface area contributed by atoms with Crippen molar-refractivity contribution in [3.8, 4) is 0 Å². The van der Waals surface area contributed by atoms with Gasteiger partial charge in [-0.15, -0.1) is 0 Å². The Hall–Kier alpha value is 0.480. The first kappa shape index (κ1) is 6.05. The molecule has 0 aromatic carbocycles. The molecule has 0 aromatic heterocycles. The SMILES string of the molecule is BrCC12CC(C3CC3)(C1)C2. The van der Waals surface area contributed by atoms with E-state index in [2.05, 4.69) is 15.9 Å². The maximum atomic E-state index is 3.61. The van der Waals surface area contributed by atoms with Crippen LogP contribution in [-0.4, -0.2) is 5.33 Å². The minimum atomic E-state index is 0.808. The molecule has 0 amide bonds. The lowest BCUT2D eigenvalue weighted by molar-refractivity contribution is -0.200. The summed E-state index contributed by atoms with van der Waals surface area (Å²) >= 11 is 3.61. The molecule has 4 rings (SSSR count). The first-order valence-corrected chi connectivity index (χ1v) is 5.47. The van der Waals surface area contributed by atoms with Crippen molar-refractivity contribution in [2.24, 2.45) is 16.7 Å². The monoisotopic (exact) mass is 200 g/mol.